The Morgan fingerprint density at radius 1 is 1.35 bits per heavy atom. The van der Waals surface area contributed by atoms with E-state index >= 15 is 0 Å². The average Bonchev–Trinajstić information content (AvgIpc) is 2.66. The predicted molar refractivity (Wildman–Crippen MR) is 76.8 cm³/mol. The van der Waals surface area contributed by atoms with Crippen molar-refractivity contribution < 1.29 is 9.21 Å². The Hall–Kier alpha value is -2.24. The molecule has 3 N–H and O–H groups in total. The van der Waals surface area contributed by atoms with Crippen LogP contribution in [-0.2, 0) is 6.42 Å². The molecule has 0 aliphatic heterocycles. The van der Waals surface area contributed by atoms with Crippen LogP contribution in [-0.4, -0.2) is 23.1 Å². The molecule has 0 saturated carbocycles. The van der Waals surface area contributed by atoms with Crippen molar-refractivity contribution in [1.82, 2.24) is 15.6 Å². The van der Waals surface area contributed by atoms with Gasteiger partial charge in [-0.05, 0) is 44.9 Å². The number of hydrogen-bond donors (Lipinski definition) is 3. The number of hydrogen-bond acceptors (Lipinski definition) is 3. The topological polar surface area (TPSA) is 87.1 Å². The Balaban J connectivity index is 1.89. The van der Waals surface area contributed by atoms with Crippen LogP contribution in [0.15, 0.2) is 27.4 Å². The molecule has 0 radical (unpaired) electrons. The van der Waals surface area contributed by atoms with Crippen LogP contribution in [0.25, 0.3) is 11.1 Å². The summed E-state index contributed by atoms with van der Waals surface area (Å²) < 4.78 is 4.99. The molecule has 0 aliphatic carbocycles. The summed E-state index contributed by atoms with van der Waals surface area (Å²) in [6.07, 6.45) is 0.669. The lowest BCUT2D eigenvalue weighted by Crippen LogP contribution is -2.46. The van der Waals surface area contributed by atoms with Crippen molar-refractivity contribution >= 4 is 17.1 Å². The summed E-state index contributed by atoms with van der Waals surface area (Å²) in [6.45, 7) is 6.29. The Labute approximate surface area is 116 Å². The van der Waals surface area contributed by atoms with Gasteiger partial charge in [-0.3, -0.25) is 4.98 Å². The highest BCUT2D eigenvalue weighted by atomic mass is 16.4. The molecule has 6 nitrogen and oxygen atoms in total. The van der Waals surface area contributed by atoms with Crippen LogP contribution in [0.5, 0.6) is 0 Å². The van der Waals surface area contributed by atoms with E-state index in [9.17, 15) is 9.59 Å². The molecule has 0 bridgehead atoms. The van der Waals surface area contributed by atoms with Crippen LogP contribution < -0.4 is 16.4 Å². The van der Waals surface area contributed by atoms with Crippen LogP contribution in [0.3, 0.4) is 0 Å². The van der Waals surface area contributed by atoms with Gasteiger partial charge >= 0.3 is 11.8 Å². The molecular weight excluding hydrogens is 258 g/mol. The van der Waals surface area contributed by atoms with Crippen molar-refractivity contribution in [2.24, 2.45) is 0 Å². The van der Waals surface area contributed by atoms with Gasteiger partial charge in [0.05, 0.1) is 5.52 Å². The molecule has 0 fully saturated rings. The number of carbonyl (C=O) groups is 1. The number of benzene rings is 1. The lowest BCUT2D eigenvalue weighted by molar-refractivity contribution is 0.232. The molecule has 1 aromatic carbocycles. The molecule has 1 aromatic heterocycles. The number of nitrogens with one attached hydrogen (secondary N) is 3. The summed E-state index contributed by atoms with van der Waals surface area (Å²) in [5.41, 5.74) is 1.96. The highest BCUT2D eigenvalue weighted by molar-refractivity contribution is 5.75. The van der Waals surface area contributed by atoms with E-state index in [0.717, 1.165) is 5.56 Å². The number of fused-ring (bicyclic) bond motifs is 1. The third-order valence-corrected chi connectivity index (χ3v) is 2.67. The highest BCUT2D eigenvalue weighted by Gasteiger charge is 2.12. The summed E-state index contributed by atoms with van der Waals surface area (Å²) >= 11 is 0. The third kappa shape index (κ3) is 3.88. The van der Waals surface area contributed by atoms with Crippen LogP contribution in [0.4, 0.5) is 4.79 Å². The fraction of sp³-hybridized carbons (Fsp3) is 0.429. The standard InChI is InChI=1S/C14H19N3O3/c1-14(2,3)17-12(18)15-7-6-9-4-5-10-11(8-9)20-13(19)16-10/h4-5,8H,6-7H2,1-3H3,(H,16,19)(H2,15,17,18). The molecule has 0 spiro atoms. The maximum Gasteiger partial charge on any atom is 0.417 e. The van der Waals surface area contributed by atoms with E-state index in [0.29, 0.717) is 24.1 Å². The van der Waals surface area contributed by atoms with Crippen molar-refractivity contribution in [3.63, 3.8) is 0 Å². The molecular formula is C14H19N3O3. The molecule has 20 heavy (non-hydrogen) atoms. The molecule has 0 atom stereocenters. The monoisotopic (exact) mass is 277 g/mol. The largest absolute Gasteiger partial charge is 0.417 e. The minimum atomic E-state index is -0.458. The van der Waals surface area contributed by atoms with Crippen LogP contribution >= 0.6 is 0 Å². The third-order valence-electron chi connectivity index (χ3n) is 2.67. The lowest BCUT2D eigenvalue weighted by Gasteiger charge is -2.20. The van der Waals surface area contributed by atoms with Crippen LogP contribution in [0.1, 0.15) is 26.3 Å². The Morgan fingerprint density at radius 2 is 2.10 bits per heavy atom. The zero-order valence-corrected chi connectivity index (χ0v) is 11.9. The van der Waals surface area contributed by atoms with Gasteiger partial charge in [0.25, 0.3) is 0 Å². The molecule has 0 saturated heterocycles. The van der Waals surface area contributed by atoms with Gasteiger partial charge in [0.1, 0.15) is 0 Å². The lowest BCUT2D eigenvalue weighted by atomic mass is 10.1. The van der Waals surface area contributed by atoms with Gasteiger partial charge in [0.2, 0.25) is 0 Å². The molecule has 0 aliphatic rings. The number of carbonyl (C=O) groups excluding carboxylic acids is 1. The van der Waals surface area contributed by atoms with E-state index in [-0.39, 0.29) is 11.6 Å². The van der Waals surface area contributed by atoms with E-state index in [1.54, 1.807) is 12.1 Å². The van der Waals surface area contributed by atoms with E-state index in [4.69, 9.17) is 4.42 Å². The predicted octanol–water partition coefficient (Wildman–Crippen LogP) is 1.76. The number of aromatic nitrogens is 1. The van der Waals surface area contributed by atoms with E-state index < -0.39 is 5.76 Å². The first kappa shape index (κ1) is 14.2. The quantitative estimate of drug-likeness (QED) is 0.799. The van der Waals surface area contributed by atoms with Gasteiger partial charge in [-0.2, -0.15) is 0 Å². The summed E-state index contributed by atoms with van der Waals surface area (Å²) in [5.74, 6) is -0.458. The molecule has 0 unspecified atom stereocenters. The Kier molecular flexibility index (Phi) is 3.83. The zero-order valence-electron chi connectivity index (χ0n) is 11.9. The maximum atomic E-state index is 11.6. The summed E-state index contributed by atoms with van der Waals surface area (Å²) in [7, 11) is 0. The maximum absolute atomic E-state index is 11.6. The average molecular weight is 277 g/mol. The molecule has 2 aromatic rings. The Bertz CT molecular complexity index is 664. The minimum absolute atomic E-state index is 0.188. The SMILES string of the molecule is CC(C)(C)NC(=O)NCCc1ccc2[nH]c(=O)oc2c1. The number of amides is 2. The van der Waals surface area contributed by atoms with Gasteiger partial charge in [-0.25, -0.2) is 9.59 Å². The number of urea groups is 1. The van der Waals surface area contributed by atoms with E-state index in [1.165, 1.54) is 0 Å². The highest BCUT2D eigenvalue weighted by Crippen LogP contribution is 2.12. The molecule has 2 rings (SSSR count). The van der Waals surface area contributed by atoms with Gasteiger partial charge in [-0.1, -0.05) is 6.07 Å². The first-order valence-corrected chi connectivity index (χ1v) is 6.51. The zero-order chi connectivity index (χ0) is 14.8. The summed E-state index contributed by atoms with van der Waals surface area (Å²) in [4.78, 5) is 25.2. The van der Waals surface area contributed by atoms with Gasteiger partial charge in [0, 0.05) is 12.1 Å². The van der Waals surface area contributed by atoms with E-state index in [1.807, 2.05) is 26.8 Å². The number of rotatable bonds is 3. The first-order chi connectivity index (χ1) is 9.33. The van der Waals surface area contributed by atoms with Crippen molar-refractivity contribution in [2.45, 2.75) is 32.7 Å². The van der Waals surface area contributed by atoms with Crippen LogP contribution in [0, 0.1) is 0 Å². The second-order valence-corrected chi connectivity index (χ2v) is 5.73. The molecule has 6 heteroatoms. The van der Waals surface area contributed by atoms with Gasteiger partial charge < -0.3 is 15.1 Å². The fourth-order valence-electron chi connectivity index (χ4n) is 1.85. The second kappa shape index (κ2) is 5.40. The second-order valence-electron chi connectivity index (χ2n) is 5.73. The summed E-state index contributed by atoms with van der Waals surface area (Å²) in [5, 5.41) is 5.61. The van der Waals surface area contributed by atoms with Crippen LogP contribution in [0.2, 0.25) is 0 Å². The van der Waals surface area contributed by atoms with Gasteiger partial charge in [0.15, 0.2) is 5.58 Å². The minimum Gasteiger partial charge on any atom is -0.408 e. The summed E-state index contributed by atoms with van der Waals surface area (Å²) in [6, 6.07) is 5.31. The fourth-order valence-corrected chi connectivity index (χ4v) is 1.85. The number of H-pyrrole nitrogens is 1. The van der Waals surface area contributed by atoms with Gasteiger partial charge in [-0.15, -0.1) is 0 Å². The molecule has 1 heterocycles. The van der Waals surface area contributed by atoms with Crippen molar-refractivity contribution in [2.75, 3.05) is 6.54 Å². The van der Waals surface area contributed by atoms with Crippen molar-refractivity contribution in [1.29, 1.82) is 0 Å². The Morgan fingerprint density at radius 3 is 2.80 bits per heavy atom. The number of oxazole rings is 1. The molecule has 108 valence electrons. The molecule has 2 amide bonds. The van der Waals surface area contributed by atoms with Crippen molar-refractivity contribution in [3.05, 3.63) is 34.3 Å². The van der Waals surface area contributed by atoms with E-state index in [2.05, 4.69) is 15.6 Å². The number of aromatic amines is 1. The first-order valence-electron chi connectivity index (χ1n) is 6.51. The smallest absolute Gasteiger partial charge is 0.408 e. The van der Waals surface area contributed by atoms with Crippen molar-refractivity contribution in [3.8, 4) is 0 Å². The normalized spacial score (nSPS) is 11.6.